The number of aryl methyl sites for hydroxylation is 2. The molecule has 0 atom stereocenters. The van der Waals surface area contributed by atoms with Crippen molar-refractivity contribution >= 4 is 0 Å². The minimum Gasteiger partial charge on any atom is -0.381 e. The van der Waals surface area contributed by atoms with Gasteiger partial charge in [-0.3, -0.25) is 0 Å². The Kier molecular flexibility index (Phi) is 4.14. The van der Waals surface area contributed by atoms with Crippen molar-refractivity contribution < 1.29 is 4.74 Å². The fourth-order valence-corrected chi connectivity index (χ4v) is 1.39. The third-order valence-electron chi connectivity index (χ3n) is 2.67. The van der Waals surface area contributed by atoms with Crippen LogP contribution in [0, 0.1) is 20.8 Å². The van der Waals surface area contributed by atoms with Crippen LogP contribution in [-0.4, -0.2) is 22.8 Å². The fourth-order valence-electron chi connectivity index (χ4n) is 1.39. The van der Waals surface area contributed by atoms with Gasteiger partial charge in [0.05, 0.1) is 5.69 Å². The van der Waals surface area contributed by atoms with E-state index in [4.69, 9.17) is 4.74 Å². The van der Waals surface area contributed by atoms with Crippen LogP contribution in [0.3, 0.4) is 0 Å². The van der Waals surface area contributed by atoms with Crippen LogP contribution in [-0.2, 0) is 11.8 Å². The van der Waals surface area contributed by atoms with Gasteiger partial charge in [-0.15, -0.1) is 0 Å². The van der Waals surface area contributed by atoms with Crippen molar-refractivity contribution in [2.75, 3.05) is 13.2 Å². The summed E-state index contributed by atoms with van der Waals surface area (Å²) in [4.78, 5) is 4.27. The van der Waals surface area contributed by atoms with Gasteiger partial charge in [0.2, 0.25) is 0 Å². The largest absolute Gasteiger partial charge is 0.381 e. The molecule has 0 saturated carbocycles. The Bertz CT molecular complexity index is 258. The van der Waals surface area contributed by atoms with Crippen molar-refractivity contribution in [3.05, 3.63) is 17.2 Å². The first kappa shape index (κ1) is 11.2. The highest BCUT2D eigenvalue weighted by Crippen LogP contribution is 2.05. The summed E-state index contributed by atoms with van der Waals surface area (Å²) in [6, 6.07) is 0. The van der Waals surface area contributed by atoms with Gasteiger partial charge < -0.3 is 9.30 Å². The Labute approximate surface area is 86.1 Å². The Hall–Kier alpha value is -0.830. The molecule has 1 saturated heterocycles. The van der Waals surface area contributed by atoms with Crippen LogP contribution in [0.25, 0.3) is 0 Å². The van der Waals surface area contributed by atoms with Gasteiger partial charge in [-0.1, -0.05) is 0 Å². The van der Waals surface area contributed by atoms with Crippen molar-refractivity contribution in [2.45, 2.75) is 33.6 Å². The molecule has 2 heterocycles. The Morgan fingerprint density at radius 1 is 1.14 bits per heavy atom. The lowest BCUT2D eigenvalue weighted by atomic mass is 10.4. The molecular formula is C11H20N2O. The molecule has 0 aromatic carbocycles. The minimum atomic E-state index is 1.00. The van der Waals surface area contributed by atoms with Crippen LogP contribution in [0.4, 0.5) is 0 Å². The van der Waals surface area contributed by atoms with Gasteiger partial charge in [-0.25, -0.2) is 4.98 Å². The zero-order valence-corrected chi connectivity index (χ0v) is 9.63. The first-order valence-corrected chi connectivity index (χ1v) is 5.17. The molecule has 0 spiro atoms. The summed E-state index contributed by atoms with van der Waals surface area (Å²) in [6.45, 7) is 8.12. The van der Waals surface area contributed by atoms with Crippen LogP contribution < -0.4 is 0 Å². The number of nitrogens with zero attached hydrogens (tertiary/aromatic N) is 2. The molecule has 1 aromatic heterocycles. The normalized spacial score (nSPS) is 15.1. The molecule has 0 aliphatic carbocycles. The van der Waals surface area contributed by atoms with Gasteiger partial charge in [-0.2, -0.15) is 0 Å². The number of rotatable bonds is 0. The van der Waals surface area contributed by atoms with Crippen LogP contribution in [0.1, 0.15) is 30.1 Å². The maximum absolute atomic E-state index is 4.94. The van der Waals surface area contributed by atoms with Gasteiger partial charge in [0.25, 0.3) is 0 Å². The average molecular weight is 196 g/mol. The Morgan fingerprint density at radius 2 is 1.71 bits per heavy atom. The van der Waals surface area contributed by atoms with E-state index in [0.717, 1.165) is 24.7 Å². The van der Waals surface area contributed by atoms with Crippen LogP contribution in [0.2, 0.25) is 0 Å². The number of imidazole rings is 1. The Morgan fingerprint density at radius 3 is 1.86 bits per heavy atom. The van der Waals surface area contributed by atoms with E-state index in [1.54, 1.807) is 0 Å². The molecule has 0 radical (unpaired) electrons. The number of hydrogen-bond acceptors (Lipinski definition) is 2. The molecule has 1 aromatic rings. The highest BCUT2D eigenvalue weighted by molar-refractivity contribution is 5.12. The first-order valence-electron chi connectivity index (χ1n) is 5.17. The molecule has 1 fully saturated rings. The summed E-state index contributed by atoms with van der Waals surface area (Å²) in [5, 5.41) is 0. The van der Waals surface area contributed by atoms with Crippen LogP contribution >= 0.6 is 0 Å². The van der Waals surface area contributed by atoms with Crippen LogP contribution in [0.5, 0.6) is 0 Å². The lowest BCUT2D eigenvalue weighted by Gasteiger charge is -1.94. The van der Waals surface area contributed by atoms with Crippen molar-refractivity contribution in [2.24, 2.45) is 7.05 Å². The van der Waals surface area contributed by atoms with E-state index < -0.39 is 0 Å². The third-order valence-corrected chi connectivity index (χ3v) is 2.67. The molecular weight excluding hydrogens is 176 g/mol. The molecule has 2 rings (SSSR count). The zero-order valence-electron chi connectivity index (χ0n) is 9.63. The molecule has 1 aliphatic rings. The average Bonchev–Trinajstić information content (AvgIpc) is 2.78. The van der Waals surface area contributed by atoms with Crippen LogP contribution in [0.15, 0.2) is 0 Å². The number of ether oxygens (including phenoxy) is 1. The highest BCUT2D eigenvalue weighted by Gasteiger charge is 2.00. The molecule has 14 heavy (non-hydrogen) atoms. The second kappa shape index (κ2) is 5.15. The van der Waals surface area contributed by atoms with Crippen molar-refractivity contribution in [1.29, 1.82) is 0 Å². The van der Waals surface area contributed by atoms with E-state index in [1.807, 2.05) is 20.9 Å². The molecule has 0 unspecified atom stereocenters. The number of aromatic nitrogens is 2. The minimum absolute atomic E-state index is 1.00. The zero-order chi connectivity index (χ0) is 10.6. The molecule has 3 nitrogen and oxygen atoms in total. The van der Waals surface area contributed by atoms with E-state index in [1.165, 1.54) is 18.5 Å². The van der Waals surface area contributed by atoms with Crippen molar-refractivity contribution in [1.82, 2.24) is 9.55 Å². The molecule has 0 N–H and O–H groups in total. The number of hydrogen-bond donors (Lipinski definition) is 0. The van der Waals surface area contributed by atoms with Gasteiger partial charge in [0.1, 0.15) is 5.82 Å². The molecule has 3 heteroatoms. The van der Waals surface area contributed by atoms with E-state index in [-0.39, 0.29) is 0 Å². The second-order valence-corrected chi connectivity index (χ2v) is 3.71. The van der Waals surface area contributed by atoms with Gasteiger partial charge in [0.15, 0.2) is 0 Å². The predicted octanol–water partition coefficient (Wildman–Crippen LogP) is 2.14. The standard InChI is InChI=1S/C7H12N2.C4H8O/c1-5-6(2)9(4)7(3)8-5;1-2-4-5-3-1/h1-4H3;1-4H2. The maximum atomic E-state index is 4.94. The predicted molar refractivity (Wildman–Crippen MR) is 57.5 cm³/mol. The highest BCUT2D eigenvalue weighted by atomic mass is 16.5. The van der Waals surface area contributed by atoms with E-state index >= 15 is 0 Å². The lowest BCUT2D eigenvalue weighted by molar-refractivity contribution is 0.198. The summed E-state index contributed by atoms with van der Waals surface area (Å²) in [7, 11) is 2.03. The summed E-state index contributed by atoms with van der Waals surface area (Å²) < 4.78 is 7.04. The third kappa shape index (κ3) is 2.84. The van der Waals surface area contributed by atoms with Gasteiger partial charge in [0, 0.05) is 26.0 Å². The summed E-state index contributed by atoms with van der Waals surface area (Å²) >= 11 is 0. The maximum Gasteiger partial charge on any atom is 0.105 e. The molecule has 0 amide bonds. The van der Waals surface area contributed by atoms with E-state index in [2.05, 4.69) is 16.5 Å². The van der Waals surface area contributed by atoms with E-state index in [9.17, 15) is 0 Å². The second-order valence-electron chi connectivity index (χ2n) is 3.71. The van der Waals surface area contributed by atoms with Crippen molar-refractivity contribution in [3.63, 3.8) is 0 Å². The summed E-state index contributed by atoms with van der Waals surface area (Å²) in [6.07, 6.45) is 2.56. The fraction of sp³-hybridized carbons (Fsp3) is 0.727. The SMILES string of the molecule is C1CCOC1.Cc1nc(C)n(C)c1C. The lowest BCUT2D eigenvalue weighted by Crippen LogP contribution is -1.92. The Balaban J connectivity index is 0.000000165. The summed E-state index contributed by atoms with van der Waals surface area (Å²) in [5.74, 6) is 1.09. The molecule has 80 valence electrons. The smallest absolute Gasteiger partial charge is 0.105 e. The molecule has 1 aliphatic heterocycles. The quantitative estimate of drug-likeness (QED) is 0.635. The summed E-state index contributed by atoms with van der Waals surface area (Å²) in [5.41, 5.74) is 2.39. The monoisotopic (exact) mass is 196 g/mol. The van der Waals surface area contributed by atoms with Gasteiger partial charge in [-0.05, 0) is 33.6 Å². The first-order chi connectivity index (χ1) is 6.63. The molecule has 0 bridgehead atoms. The topological polar surface area (TPSA) is 27.1 Å². The van der Waals surface area contributed by atoms with E-state index in [0.29, 0.717) is 0 Å². The van der Waals surface area contributed by atoms with Crippen molar-refractivity contribution in [3.8, 4) is 0 Å². The van der Waals surface area contributed by atoms with Gasteiger partial charge >= 0.3 is 0 Å².